The van der Waals surface area contributed by atoms with E-state index in [1.54, 1.807) is 24.3 Å². The number of rotatable bonds is 6. The molecule has 0 spiro atoms. The van der Waals surface area contributed by atoms with Gasteiger partial charge in [-0.3, -0.25) is 14.9 Å². The first-order valence-electron chi connectivity index (χ1n) is 5.36. The molecule has 0 unspecified atom stereocenters. The number of carbonyl (C=O) groups is 2. The van der Waals surface area contributed by atoms with Crippen LogP contribution in [-0.4, -0.2) is 30.1 Å². The van der Waals surface area contributed by atoms with Crippen molar-refractivity contribution in [1.82, 2.24) is 5.32 Å². The van der Waals surface area contributed by atoms with Crippen molar-refractivity contribution in [1.29, 1.82) is 0 Å². The molecule has 0 saturated carbocycles. The van der Waals surface area contributed by atoms with E-state index in [1.807, 2.05) is 0 Å². The predicted molar refractivity (Wildman–Crippen MR) is 68.1 cm³/mol. The number of terminal acetylenes is 1. The fourth-order valence-corrected chi connectivity index (χ4v) is 1.33. The van der Waals surface area contributed by atoms with Gasteiger partial charge >= 0.3 is 5.97 Å². The summed E-state index contributed by atoms with van der Waals surface area (Å²) in [4.78, 5) is 21.9. The topological polar surface area (TPSA) is 78.4 Å². The van der Waals surface area contributed by atoms with Crippen molar-refractivity contribution in [3.63, 3.8) is 0 Å². The monoisotopic (exact) mass is 246 g/mol. The zero-order valence-corrected chi connectivity index (χ0v) is 9.77. The summed E-state index contributed by atoms with van der Waals surface area (Å²) in [5.41, 5.74) is 1.31. The van der Waals surface area contributed by atoms with Crippen molar-refractivity contribution < 1.29 is 14.7 Å². The van der Waals surface area contributed by atoms with Crippen LogP contribution >= 0.6 is 0 Å². The Morgan fingerprint density at radius 1 is 1.28 bits per heavy atom. The maximum atomic E-state index is 11.4. The summed E-state index contributed by atoms with van der Waals surface area (Å²) in [6.07, 6.45) is 5.00. The summed E-state index contributed by atoms with van der Waals surface area (Å²) in [5, 5.41) is 14.0. The highest BCUT2D eigenvalue weighted by molar-refractivity contribution is 5.92. The Hall–Kier alpha value is -2.32. The molecule has 1 aromatic rings. The number of nitrogens with one attached hydrogen (secondary N) is 2. The Balaban J connectivity index is 2.46. The van der Waals surface area contributed by atoms with Gasteiger partial charge in [-0.2, -0.15) is 0 Å². The lowest BCUT2D eigenvalue weighted by molar-refractivity contribution is -0.136. The third-order valence-electron chi connectivity index (χ3n) is 2.11. The molecule has 0 aliphatic carbocycles. The molecular formula is C13H14N2O3. The number of anilines is 1. The van der Waals surface area contributed by atoms with Crippen molar-refractivity contribution in [2.75, 3.05) is 18.4 Å². The first kappa shape index (κ1) is 13.7. The van der Waals surface area contributed by atoms with Gasteiger partial charge in [0.25, 0.3) is 0 Å². The van der Waals surface area contributed by atoms with Crippen molar-refractivity contribution in [3.05, 3.63) is 29.8 Å². The summed E-state index contributed by atoms with van der Waals surface area (Å²) in [6.45, 7) is 0.478. The van der Waals surface area contributed by atoms with Crippen LogP contribution in [-0.2, 0) is 16.0 Å². The van der Waals surface area contributed by atoms with Gasteiger partial charge in [0.1, 0.15) is 0 Å². The molecule has 0 saturated heterocycles. The van der Waals surface area contributed by atoms with E-state index in [-0.39, 0.29) is 18.9 Å². The number of carbonyl (C=O) groups excluding carboxylic acids is 1. The zero-order valence-electron chi connectivity index (χ0n) is 9.77. The first-order chi connectivity index (χ1) is 8.61. The molecule has 3 N–H and O–H groups in total. The quantitative estimate of drug-likeness (QED) is 0.504. The molecule has 5 nitrogen and oxygen atoms in total. The first-order valence-corrected chi connectivity index (χ1v) is 5.36. The minimum atomic E-state index is -0.884. The third kappa shape index (κ3) is 5.14. The van der Waals surface area contributed by atoms with Gasteiger partial charge in [0.05, 0.1) is 19.5 Å². The number of hydrogen-bond donors (Lipinski definition) is 3. The molecular weight excluding hydrogens is 232 g/mol. The highest BCUT2D eigenvalue weighted by Gasteiger charge is 2.03. The fourth-order valence-electron chi connectivity index (χ4n) is 1.33. The van der Waals surface area contributed by atoms with Gasteiger partial charge in [-0.15, -0.1) is 6.42 Å². The van der Waals surface area contributed by atoms with Crippen LogP contribution in [0.15, 0.2) is 24.3 Å². The van der Waals surface area contributed by atoms with E-state index in [2.05, 4.69) is 16.6 Å². The van der Waals surface area contributed by atoms with Gasteiger partial charge in [-0.1, -0.05) is 18.1 Å². The molecule has 0 aromatic heterocycles. The molecule has 5 heteroatoms. The number of aliphatic carboxylic acids is 1. The van der Waals surface area contributed by atoms with Crippen molar-refractivity contribution in [2.24, 2.45) is 0 Å². The lowest BCUT2D eigenvalue weighted by Crippen LogP contribution is -2.28. The van der Waals surface area contributed by atoms with Crippen molar-refractivity contribution in [2.45, 2.75) is 6.42 Å². The Labute approximate surface area is 105 Å². The Morgan fingerprint density at radius 2 is 1.94 bits per heavy atom. The standard InChI is InChI=1S/C13H14N2O3/c1-2-7-14-9-12(16)15-11-5-3-10(4-6-11)8-13(17)18/h1,3-6,14H,7-9H2,(H,15,16)(H,17,18). The zero-order chi connectivity index (χ0) is 13.4. The van der Waals surface area contributed by atoms with Gasteiger partial charge in [0, 0.05) is 5.69 Å². The predicted octanol–water partition coefficient (Wildman–Crippen LogP) is 0.475. The summed E-state index contributed by atoms with van der Waals surface area (Å²) in [7, 11) is 0. The lowest BCUT2D eigenvalue weighted by atomic mass is 10.1. The van der Waals surface area contributed by atoms with E-state index in [4.69, 9.17) is 11.5 Å². The normalized spacial score (nSPS) is 9.50. The molecule has 1 aromatic carbocycles. The molecule has 0 fully saturated rings. The molecule has 0 atom stereocenters. The number of carboxylic acid groups (broad SMARTS) is 1. The van der Waals surface area contributed by atoms with E-state index < -0.39 is 5.97 Å². The van der Waals surface area contributed by atoms with Crippen LogP contribution in [0, 0.1) is 12.3 Å². The van der Waals surface area contributed by atoms with Crippen LogP contribution in [0.3, 0.4) is 0 Å². The number of carboxylic acids is 1. The second kappa shape index (κ2) is 7.09. The molecule has 94 valence electrons. The Morgan fingerprint density at radius 3 is 2.50 bits per heavy atom. The van der Waals surface area contributed by atoms with Gasteiger partial charge in [0.2, 0.25) is 5.91 Å². The number of hydrogen-bond acceptors (Lipinski definition) is 3. The van der Waals surface area contributed by atoms with Crippen molar-refractivity contribution in [3.8, 4) is 12.3 Å². The summed E-state index contributed by atoms with van der Waals surface area (Å²) >= 11 is 0. The minimum absolute atomic E-state index is 0.0298. The highest BCUT2D eigenvalue weighted by atomic mass is 16.4. The molecule has 0 radical (unpaired) electrons. The minimum Gasteiger partial charge on any atom is -0.481 e. The maximum Gasteiger partial charge on any atom is 0.307 e. The van der Waals surface area contributed by atoms with E-state index in [0.717, 1.165) is 0 Å². The number of amides is 1. The number of benzene rings is 1. The largest absolute Gasteiger partial charge is 0.481 e. The van der Waals surface area contributed by atoms with Crippen LogP contribution in [0.4, 0.5) is 5.69 Å². The molecule has 0 aliphatic rings. The van der Waals surface area contributed by atoms with Gasteiger partial charge in [-0.05, 0) is 17.7 Å². The molecule has 1 amide bonds. The maximum absolute atomic E-state index is 11.4. The van der Waals surface area contributed by atoms with E-state index >= 15 is 0 Å². The molecule has 18 heavy (non-hydrogen) atoms. The van der Waals surface area contributed by atoms with Crippen LogP contribution < -0.4 is 10.6 Å². The van der Waals surface area contributed by atoms with Crippen LogP contribution in [0.1, 0.15) is 5.56 Å². The van der Waals surface area contributed by atoms with Gasteiger partial charge in [-0.25, -0.2) is 0 Å². The SMILES string of the molecule is C#CCNCC(=O)Nc1ccc(CC(=O)O)cc1. The van der Waals surface area contributed by atoms with Crippen LogP contribution in [0.25, 0.3) is 0 Å². The second-order valence-electron chi connectivity index (χ2n) is 3.62. The average Bonchev–Trinajstić information content (AvgIpc) is 2.31. The van der Waals surface area contributed by atoms with Crippen LogP contribution in [0.2, 0.25) is 0 Å². The Kier molecular flexibility index (Phi) is 5.42. The van der Waals surface area contributed by atoms with E-state index in [1.165, 1.54) is 0 Å². The summed E-state index contributed by atoms with van der Waals surface area (Å²) < 4.78 is 0. The van der Waals surface area contributed by atoms with Crippen molar-refractivity contribution >= 4 is 17.6 Å². The summed E-state index contributed by atoms with van der Waals surface area (Å²) in [5.74, 6) is 1.28. The third-order valence-corrected chi connectivity index (χ3v) is 2.11. The Bertz CT molecular complexity index is 460. The smallest absolute Gasteiger partial charge is 0.307 e. The van der Waals surface area contributed by atoms with E-state index in [9.17, 15) is 9.59 Å². The van der Waals surface area contributed by atoms with E-state index in [0.29, 0.717) is 17.8 Å². The van der Waals surface area contributed by atoms with Gasteiger partial charge in [0.15, 0.2) is 0 Å². The van der Waals surface area contributed by atoms with Crippen LogP contribution in [0.5, 0.6) is 0 Å². The highest BCUT2D eigenvalue weighted by Crippen LogP contribution is 2.09. The second-order valence-corrected chi connectivity index (χ2v) is 3.62. The lowest BCUT2D eigenvalue weighted by Gasteiger charge is -2.06. The molecule has 0 aliphatic heterocycles. The molecule has 1 rings (SSSR count). The average molecular weight is 246 g/mol. The molecule has 0 bridgehead atoms. The molecule has 0 heterocycles. The fraction of sp³-hybridized carbons (Fsp3) is 0.231. The summed E-state index contributed by atoms with van der Waals surface area (Å²) in [6, 6.07) is 6.66. The van der Waals surface area contributed by atoms with Gasteiger partial charge < -0.3 is 10.4 Å².